The first-order chi connectivity index (χ1) is 10.0. The molecule has 1 aliphatic heterocycles. The molecule has 0 saturated carbocycles. The second-order valence-electron chi connectivity index (χ2n) is 5.59. The molecule has 6 heteroatoms. The summed E-state index contributed by atoms with van der Waals surface area (Å²) in [4.78, 5) is 3.76. The quantitative estimate of drug-likeness (QED) is 0.778. The molecule has 0 amide bonds. The number of nitrogens with zero attached hydrogens (tertiary/aromatic N) is 1. The zero-order valence-electron chi connectivity index (χ0n) is 12.5. The van der Waals surface area contributed by atoms with Gasteiger partial charge in [-0.1, -0.05) is 18.2 Å². The van der Waals surface area contributed by atoms with E-state index >= 15 is 0 Å². The van der Waals surface area contributed by atoms with Gasteiger partial charge in [-0.3, -0.25) is 0 Å². The molecule has 0 aromatic heterocycles. The lowest BCUT2D eigenvalue weighted by Gasteiger charge is -2.32. The number of piperidine rings is 1. The summed E-state index contributed by atoms with van der Waals surface area (Å²) in [6.07, 6.45) is 3.50. The molecule has 1 fully saturated rings. The van der Waals surface area contributed by atoms with Crippen molar-refractivity contribution in [2.75, 3.05) is 38.2 Å². The van der Waals surface area contributed by atoms with Crippen LogP contribution in [-0.2, 0) is 10.0 Å². The molecule has 1 aromatic rings. The molecule has 1 aromatic carbocycles. The highest BCUT2D eigenvalue weighted by Gasteiger charge is 2.20. The van der Waals surface area contributed by atoms with E-state index in [0.717, 1.165) is 38.2 Å². The summed E-state index contributed by atoms with van der Waals surface area (Å²) in [5.41, 5.74) is 0. The smallest absolute Gasteiger partial charge is 0.208 e. The average Bonchev–Trinajstić information content (AvgIpc) is 2.46. The van der Waals surface area contributed by atoms with Crippen molar-refractivity contribution in [3.05, 3.63) is 30.3 Å². The summed E-state index contributed by atoms with van der Waals surface area (Å²) in [6, 6.07) is 10.4. The molecule has 0 bridgehead atoms. The van der Waals surface area contributed by atoms with Crippen LogP contribution in [0, 0.1) is 5.92 Å². The SMILES string of the molecule is CS(=O)(=O)NC[C@@H]1CCCN(CCSc2ccccc2)C1. The van der Waals surface area contributed by atoms with E-state index in [9.17, 15) is 8.42 Å². The zero-order chi connectivity index (χ0) is 15.1. The zero-order valence-corrected chi connectivity index (χ0v) is 14.1. The van der Waals surface area contributed by atoms with Crippen molar-refractivity contribution in [3.63, 3.8) is 0 Å². The lowest BCUT2D eigenvalue weighted by molar-refractivity contribution is 0.185. The maximum absolute atomic E-state index is 11.2. The Kier molecular flexibility index (Phi) is 6.54. The van der Waals surface area contributed by atoms with Crippen LogP contribution in [-0.4, -0.2) is 51.5 Å². The Balaban J connectivity index is 1.69. The van der Waals surface area contributed by atoms with Gasteiger partial charge in [0.25, 0.3) is 0 Å². The molecular weight excluding hydrogens is 304 g/mol. The van der Waals surface area contributed by atoms with Gasteiger partial charge in [0.15, 0.2) is 0 Å². The maximum Gasteiger partial charge on any atom is 0.208 e. The first-order valence-electron chi connectivity index (χ1n) is 7.38. The van der Waals surface area contributed by atoms with Crippen molar-refractivity contribution in [1.82, 2.24) is 9.62 Å². The minimum atomic E-state index is -3.07. The van der Waals surface area contributed by atoms with E-state index in [0.29, 0.717) is 12.5 Å². The van der Waals surface area contributed by atoms with E-state index in [4.69, 9.17) is 0 Å². The fourth-order valence-electron chi connectivity index (χ4n) is 2.60. The van der Waals surface area contributed by atoms with E-state index in [-0.39, 0.29) is 0 Å². The van der Waals surface area contributed by atoms with E-state index < -0.39 is 10.0 Å². The van der Waals surface area contributed by atoms with Gasteiger partial charge >= 0.3 is 0 Å². The van der Waals surface area contributed by atoms with E-state index in [1.54, 1.807) is 0 Å². The minimum absolute atomic E-state index is 0.440. The first kappa shape index (κ1) is 16.8. The van der Waals surface area contributed by atoms with Gasteiger partial charge in [0.05, 0.1) is 6.26 Å². The van der Waals surface area contributed by atoms with Gasteiger partial charge in [-0.2, -0.15) is 0 Å². The number of sulfonamides is 1. The normalized spacial score (nSPS) is 20.5. The average molecular weight is 329 g/mol. The van der Waals surface area contributed by atoms with Crippen molar-refractivity contribution in [2.45, 2.75) is 17.7 Å². The second-order valence-corrected chi connectivity index (χ2v) is 8.59. The predicted octanol–water partition coefficient (Wildman–Crippen LogP) is 2.04. The summed E-state index contributed by atoms with van der Waals surface area (Å²) in [7, 11) is -3.07. The fourth-order valence-corrected chi connectivity index (χ4v) is 4.07. The van der Waals surface area contributed by atoms with Crippen molar-refractivity contribution in [2.24, 2.45) is 5.92 Å². The predicted molar refractivity (Wildman–Crippen MR) is 89.2 cm³/mol. The van der Waals surface area contributed by atoms with Crippen LogP contribution in [0.3, 0.4) is 0 Å². The number of rotatable bonds is 7. The van der Waals surface area contributed by atoms with Crippen LogP contribution in [0.4, 0.5) is 0 Å². The Morgan fingerprint density at radius 1 is 1.33 bits per heavy atom. The highest BCUT2D eigenvalue weighted by Crippen LogP contribution is 2.19. The molecule has 2 rings (SSSR count). The van der Waals surface area contributed by atoms with Gasteiger partial charge in [0.2, 0.25) is 10.0 Å². The van der Waals surface area contributed by atoms with Gasteiger partial charge in [-0.15, -0.1) is 11.8 Å². The third-order valence-electron chi connectivity index (χ3n) is 3.66. The highest BCUT2D eigenvalue weighted by atomic mass is 32.2. The molecule has 118 valence electrons. The molecule has 1 heterocycles. The summed E-state index contributed by atoms with van der Waals surface area (Å²) in [5, 5.41) is 0. The fraction of sp³-hybridized carbons (Fsp3) is 0.600. The highest BCUT2D eigenvalue weighted by molar-refractivity contribution is 7.99. The topological polar surface area (TPSA) is 49.4 Å². The van der Waals surface area contributed by atoms with E-state index in [2.05, 4.69) is 33.9 Å². The lowest BCUT2D eigenvalue weighted by atomic mass is 9.98. The molecule has 4 nitrogen and oxygen atoms in total. The molecule has 21 heavy (non-hydrogen) atoms. The van der Waals surface area contributed by atoms with Crippen molar-refractivity contribution in [1.29, 1.82) is 0 Å². The Hall–Kier alpha value is -0.560. The summed E-state index contributed by atoms with van der Waals surface area (Å²) >= 11 is 1.88. The molecule has 1 aliphatic rings. The lowest BCUT2D eigenvalue weighted by Crippen LogP contribution is -2.41. The molecule has 1 saturated heterocycles. The Morgan fingerprint density at radius 3 is 2.81 bits per heavy atom. The van der Waals surface area contributed by atoms with E-state index in [1.807, 2.05) is 17.8 Å². The Morgan fingerprint density at radius 2 is 2.10 bits per heavy atom. The first-order valence-corrected chi connectivity index (χ1v) is 10.3. The third kappa shape index (κ3) is 6.82. The standard InChI is InChI=1S/C15H24N2O2S2/c1-21(18,19)16-12-14-6-5-9-17(13-14)10-11-20-15-7-3-2-4-8-15/h2-4,7-8,14,16H,5-6,9-13H2,1H3/t14-/m0/s1. The van der Waals surface area contributed by atoms with Crippen LogP contribution >= 0.6 is 11.8 Å². The third-order valence-corrected chi connectivity index (χ3v) is 5.34. The number of benzene rings is 1. The minimum Gasteiger partial charge on any atom is -0.302 e. The molecular formula is C15H24N2O2S2. The number of likely N-dealkylation sites (tertiary alicyclic amines) is 1. The molecule has 0 aliphatic carbocycles. The summed E-state index contributed by atoms with van der Waals surface area (Å²) in [6.45, 7) is 3.76. The van der Waals surface area contributed by atoms with Crippen LogP contribution in [0.5, 0.6) is 0 Å². The van der Waals surface area contributed by atoms with Gasteiger partial charge in [0, 0.05) is 30.3 Å². The van der Waals surface area contributed by atoms with Gasteiger partial charge < -0.3 is 4.90 Å². The Bertz CT molecular complexity index is 520. The van der Waals surface area contributed by atoms with Crippen molar-refractivity contribution >= 4 is 21.8 Å². The molecule has 0 unspecified atom stereocenters. The van der Waals surface area contributed by atoms with Crippen LogP contribution in [0.1, 0.15) is 12.8 Å². The monoisotopic (exact) mass is 328 g/mol. The summed E-state index contributed by atoms with van der Waals surface area (Å²) < 4.78 is 24.9. The van der Waals surface area contributed by atoms with Gasteiger partial charge in [-0.05, 0) is 37.4 Å². The van der Waals surface area contributed by atoms with Crippen molar-refractivity contribution < 1.29 is 8.42 Å². The molecule has 0 radical (unpaired) electrons. The Labute approximate surface area is 132 Å². The van der Waals surface area contributed by atoms with Crippen molar-refractivity contribution in [3.8, 4) is 0 Å². The van der Waals surface area contributed by atoms with Crippen LogP contribution < -0.4 is 4.72 Å². The molecule has 1 N–H and O–H groups in total. The van der Waals surface area contributed by atoms with Gasteiger partial charge in [0.1, 0.15) is 0 Å². The van der Waals surface area contributed by atoms with Crippen LogP contribution in [0.25, 0.3) is 0 Å². The van der Waals surface area contributed by atoms with Crippen LogP contribution in [0.2, 0.25) is 0 Å². The maximum atomic E-state index is 11.2. The number of hydrogen-bond acceptors (Lipinski definition) is 4. The molecule has 0 spiro atoms. The largest absolute Gasteiger partial charge is 0.302 e. The summed E-state index contributed by atoms with van der Waals surface area (Å²) in [5.74, 6) is 1.52. The van der Waals surface area contributed by atoms with Gasteiger partial charge in [-0.25, -0.2) is 13.1 Å². The molecule has 1 atom stereocenters. The second kappa shape index (κ2) is 8.17. The van der Waals surface area contributed by atoms with E-state index in [1.165, 1.54) is 11.2 Å². The van der Waals surface area contributed by atoms with Crippen LogP contribution in [0.15, 0.2) is 35.2 Å². The number of thioether (sulfide) groups is 1. The number of nitrogens with one attached hydrogen (secondary N) is 1. The number of hydrogen-bond donors (Lipinski definition) is 1.